The summed E-state index contributed by atoms with van der Waals surface area (Å²) >= 11 is 8.72. The van der Waals surface area contributed by atoms with E-state index in [0.29, 0.717) is 11.3 Å². The predicted molar refractivity (Wildman–Crippen MR) is 74.9 cm³/mol. The van der Waals surface area contributed by atoms with E-state index in [1.165, 1.54) is 0 Å². The van der Waals surface area contributed by atoms with Crippen molar-refractivity contribution in [2.45, 2.75) is 6.54 Å². The van der Waals surface area contributed by atoms with Crippen molar-refractivity contribution in [1.82, 2.24) is 24.3 Å². The Labute approximate surface area is 117 Å². The topological polar surface area (TPSA) is 51.4 Å². The Balaban J connectivity index is 2.11. The van der Waals surface area contributed by atoms with Gasteiger partial charge in [-0.2, -0.15) is 5.10 Å². The monoisotopic (exact) mass is 323 g/mol. The fraction of sp³-hybridized carbons (Fsp3) is 0.182. The van der Waals surface area contributed by atoms with Crippen molar-refractivity contribution in [3.8, 4) is 0 Å². The third-order valence-corrected chi connectivity index (χ3v) is 3.43. The van der Waals surface area contributed by atoms with Gasteiger partial charge in [-0.3, -0.25) is 9.25 Å². The maximum Gasteiger partial charge on any atom is 0.179 e. The van der Waals surface area contributed by atoms with E-state index >= 15 is 0 Å². The van der Waals surface area contributed by atoms with E-state index in [2.05, 4.69) is 31.0 Å². The molecule has 3 aromatic heterocycles. The van der Waals surface area contributed by atoms with Gasteiger partial charge in [-0.05, 0) is 34.2 Å². The fourth-order valence-electron chi connectivity index (χ4n) is 1.90. The van der Waals surface area contributed by atoms with Gasteiger partial charge in [-0.1, -0.05) is 0 Å². The molecule has 92 valence electrons. The Bertz CT molecular complexity index is 769. The highest BCUT2D eigenvalue weighted by molar-refractivity contribution is 9.10. The number of halogens is 1. The number of H-pyrrole nitrogens is 1. The van der Waals surface area contributed by atoms with E-state index in [0.717, 1.165) is 21.2 Å². The third-order valence-electron chi connectivity index (χ3n) is 2.67. The highest BCUT2D eigenvalue weighted by Gasteiger charge is 2.07. The van der Waals surface area contributed by atoms with Crippen molar-refractivity contribution in [1.29, 1.82) is 0 Å². The quantitative estimate of drug-likeness (QED) is 0.737. The van der Waals surface area contributed by atoms with Gasteiger partial charge >= 0.3 is 0 Å². The summed E-state index contributed by atoms with van der Waals surface area (Å²) in [5.41, 5.74) is 2.88. The highest BCUT2D eigenvalue weighted by Crippen LogP contribution is 2.17. The summed E-state index contributed by atoms with van der Waals surface area (Å²) in [5.74, 6) is 0. The minimum Gasteiger partial charge on any atom is -0.329 e. The molecule has 1 N–H and O–H groups in total. The summed E-state index contributed by atoms with van der Waals surface area (Å²) in [7, 11) is 1.90. The SMILES string of the molecule is Cn1cc(Cn2c(=S)[nH]c3cc(Br)cnc32)cn1. The second kappa shape index (κ2) is 4.33. The van der Waals surface area contributed by atoms with Crippen LogP contribution in [-0.4, -0.2) is 24.3 Å². The molecule has 0 spiro atoms. The van der Waals surface area contributed by atoms with Crippen molar-refractivity contribution < 1.29 is 0 Å². The van der Waals surface area contributed by atoms with Crippen LogP contribution in [0.4, 0.5) is 0 Å². The average molecular weight is 324 g/mol. The number of aromatic amines is 1. The van der Waals surface area contributed by atoms with Crippen LogP contribution in [0.25, 0.3) is 11.2 Å². The number of nitrogens with one attached hydrogen (secondary N) is 1. The van der Waals surface area contributed by atoms with Crippen LogP contribution in [0.5, 0.6) is 0 Å². The largest absolute Gasteiger partial charge is 0.329 e. The molecule has 18 heavy (non-hydrogen) atoms. The zero-order chi connectivity index (χ0) is 12.7. The van der Waals surface area contributed by atoms with E-state index in [9.17, 15) is 0 Å². The number of pyridine rings is 1. The molecule has 0 atom stereocenters. The average Bonchev–Trinajstić information content (AvgIpc) is 2.84. The molecule has 7 heteroatoms. The summed E-state index contributed by atoms with van der Waals surface area (Å²) in [6.07, 6.45) is 5.57. The fourth-order valence-corrected chi connectivity index (χ4v) is 2.49. The van der Waals surface area contributed by atoms with Crippen LogP contribution in [0.3, 0.4) is 0 Å². The van der Waals surface area contributed by atoms with Gasteiger partial charge in [0, 0.05) is 29.5 Å². The molecule has 0 aromatic carbocycles. The number of aryl methyl sites for hydroxylation is 1. The Morgan fingerprint density at radius 3 is 3.00 bits per heavy atom. The molecule has 0 saturated heterocycles. The molecular formula is C11H10BrN5S. The van der Waals surface area contributed by atoms with Crippen molar-refractivity contribution >= 4 is 39.3 Å². The van der Waals surface area contributed by atoms with Gasteiger partial charge in [-0.15, -0.1) is 0 Å². The first-order valence-electron chi connectivity index (χ1n) is 5.35. The van der Waals surface area contributed by atoms with Crippen LogP contribution in [-0.2, 0) is 13.6 Å². The van der Waals surface area contributed by atoms with Crippen molar-refractivity contribution in [3.05, 3.63) is 39.5 Å². The molecule has 0 unspecified atom stereocenters. The number of fused-ring (bicyclic) bond motifs is 1. The maximum absolute atomic E-state index is 5.33. The first kappa shape index (κ1) is 11.6. The van der Waals surface area contributed by atoms with Crippen LogP contribution < -0.4 is 0 Å². The molecule has 0 bridgehead atoms. The maximum atomic E-state index is 5.33. The second-order valence-corrected chi connectivity index (χ2v) is 5.37. The zero-order valence-electron chi connectivity index (χ0n) is 9.59. The smallest absolute Gasteiger partial charge is 0.179 e. The van der Waals surface area contributed by atoms with E-state index in [1.54, 1.807) is 10.9 Å². The van der Waals surface area contributed by atoms with Gasteiger partial charge in [0.15, 0.2) is 10.4 Å². The van der Waals surface area contributed by atoms with E-state index in [1.807, 2.05) is 30.1 Å². The minimum atomic E-state index is 0.666. The number of nitrogens with zero attached hydrogens (tertiary/aromatic N) is 4. The van der Waals surface area contributed by atoms with Gasteiger partial charge in [-0.25, -0.2) is 4.98 Å². The molecule has 3 aromatic rings. The Morgan fingerprint density at radius 1 is 1.44 bits per heavy atom. The van der Waals surface area contributed by atoms with Crippen LogP contribution in [0.1, 0.15) is 5.56 Å². The zero-order valence-corrected chi connectivity index (χ0v) is 12.0. The molecule has 0 fully saturated rings. The Morgan fingerprint density at radius 2 is 2.28 bits per heavy atom. The molecule has 0 aliphatic rings. The first-order chi connectivity index (χ1) is 8.63. The lowest BCUT2D eigenvalue weighted by Crippen LogP contribution is -1.99. The third kappa shape index (κ3) is 1.99. The molecule has 0 aliphatic carbocycles. The predicted octanol–water partition coefficient (Wildman–Crippen LogP) is 2.64. The van der Waals surface area contributed by atoms with Crippen LogP contribution in [0.15, 0.2) is 29.1 Å². The summed E-state index contributed by atoms with van der Waals surface area (Å²) in [4.78, 5) is 7.55. The van der Waals surface area contributed by atoms with Crippen molar-refractivity contribution in [3.63, 3.8) is 0 Å². The minimum absolute atomic E-state index is 0.666. The Kier molecular flexibility index (Phi) is 2.79. The van der Waals surface area contributed by atoms with Gasteiger partial charge < -0.3 is 4.98 Å². The molecular weight excluding hydrogens is 314 g/mol. The lowest BCUT2D eigenvalue weighted by molar-refractivity contribution is 0.762. The number of rotatable bonds is 2. The lowest BCUT2D eigenvalue weighted by Gasteiger charge is -2.01. The van der Waals surface area contributed by atoms with Crippen LogP contribution >= 0.6 is 28.1 Å². The van der Waals surface area contributed by atoms with E-state index in [4.69, 9.17) is 12.2 Å². The molecule has 0 amide bonds. The normalized spacial score (nSPS) is 11.2. The van der Waals surface area contributed by atoms with E-state index in [-0.39, 0.29) is 0 Å². The van der Waals surface area contributed by atoms with Crippen molar-refractivity contribution in [2.24, 2.45) is 7.05 Å². The van der Waals surface area contributed by atoms with Crippen LogP contribution in [0, 0.1) is 4.77 Å². The number of aromatic nitrogens is 5. The Hall–Kier alpha value is -1.47. The lowest BCUT2D eigenvalue weighted by atomic mass is 10.3. The van der Waals surface area contributed by atoms with Crippen molar-refractivity contribution in [2.75, 3.05) is 0 Å². The molecule has 5 nitrogen and oxygen atoms in total. The summed E-state index contributed by atoms with van der Waals surface area (Å²) in [6.45, 7) is 0.668. The van der Waals surface area contributed by atoms with Gasteiger partial charge in [0.05, 0.1) is 18.3 Å². The molecule has 3 rings (SSSR count). The summed E-state index contributed by atoms with van der Waals surface area (Å²) in [6, 6.07) is 1.97. The second-order valence-electron chi connectivity index (χ2n) is 4.06. The summed E-state index contributed by atoms with van der Waals surface area (Å²) < 4.78 is 5.34. The van der Waals surface area contributed by atoms with Gasteiger partial charge in [0.25, 0.3) is 0 Å². The van der Waals surface area contributed by atoms with Gasteiger partial charge in [0.2, 0.25) is 0 Å². The van der Waals surface area contributed by atoms with E-state index < -0.39 is 0 Å². The van der Waals surface area contributed by atoms with Crippen LogP contribution in [0.2, 0.25) is 0 Å². The molecule has 0 radical (unpaired) electrons. The summed E-state index contributed by atoms with van der Waals surface area (Å²) in [5, 5.41) is 4.15. The number of imidazole rings is 1. The first-order valence-corrected chi connectivity index (χ1v) is 6.55. The number of hydrogen-bond acceptors (Lipinski definition) is 3. The molecule has 3 heterocycles. The van der Waals surface area contributed by atoms with Gasteiger partial charge in [0.1, 0.15) is 0 Å². The highest BCUT2D eigenvalue weighted by atomic mass is 79.9. The standard InChI is InChI=1S/C11H10BrN5S/c1-16-5-7(3-14-16)6-17-10-9(15-11(17)18)2-8(12)4-13-10/h2-5H,6H2,1H3,(H,15,18). The number of hydrogen-bond donors (Lipinski definition) is 1. The molecule has 0 saturated carbocycles. The molecule has 0 aliphatic heterocycles.